The summed E-state index contributed by atoms with van der Waals surface area (Å²) in [5.74, 6) is 0. The Morgan fingerprint density at radius 1 is 1.10 bits per heavy atom. The van der Waals surface area contributed by atoms with Crippen LogP contribution in [0.2, 0.25) is 0 Å². The van der Waals surface area contributed by atoms with Crippen molar-refractivity contribution in [3.63, 3.8) is 0 Å². The minimum absolute atomic E-state index is 0.502. The molecule has 0 saturated heterocycles. The van der Waals surface area contributed by atoms with Gasteiger partial charge in [-0.1, -0.05) is 24.5 Å². The first-order valence-corrected chi connectivity index (χ1v) is 4.12. The zero-order chi connectivity index (χ0) is 6.81. The zero-order valence-corrected chi connectivity index (χ0v) is 6.08. The van der Waals surface area contributed by atoms with Crippen molar-refractivity contribution in [1.82, 2.24) is 5.43 Å². The molecule has 10 heavy (non-hydrogen) atoms. The van der Waals surface area contributed by atoms with Gasteiger partial charge in [0.2, 0.25) is 0 Å². The quantitative estimate of drug-likeness (QED) is 0.544. The minimum Gasteiger partial charge on any atom is -0.286 e. The van der Waals surface area contributed by atoms with E-state index in [1.54, 1.807) is 0 Å². The SMILES string of the molecule is C1CCC2N=NNC2CC1. The molecule has 1 saturated carbocycles. The van der Waals surface area contributed by atoms with Crippen molar-refractivity contribution in [2.24, 2.45) is 10.3 Å². The van der Waals surface area contributed by atoms with Gasteiger partial charge in [-0.05, 0) is 12.8 Å². The van der Waals surface area contributed by atoms with Crippen molar-refractivity contribution in [2.75, 3.05) is 0 Å². The molecule has 0 aromatic rings. The van der Waals surface area contributed by atoms with Crippen LogP contribution < -0.4 is 5.43 Å². The first kappa shape index (κ1) is 6.13. The molecule has 1 aliphatic carbocycles. The van der Waals surface area contributed by atoms with Crippen LogP contribution in [0.1, 0.15) is 32.1 Å². The van der Waals surface area contributed by atoms with Gasteiger partial charge < -0.3 is 0 Å². The van der Waals surface area contributed by atoms with E-state index in [2.05, 4.69) is 15.8 Å². The molecule has 1 aliphatic heterocycles. The monoisotopic (exact) mass is 139 g/mol. The molecule has 0 amide bonds. The highest BCUT2D eigenvalue weighted by Crippen LogP contribution is 2.23. The Labute approximate surface area is 60.9 Å². The van der Waals surface area contributed by atoms with E-state index in [1.165, 1.54) is 32.1 Å². The first-order valence-electron chi connectivity index (χ1n) is 4.12. The van der Waals surface area contributed by atoms with Crippen LogP contribution in [0.15, 0.2) is 10.3 Å². The number of nitrogens with one attached hydrogen (secondary N) is 1. The highest BCUT2D eigenvalue weighted by molar-refractivity contribution is 4.85. The summed E-state index contributed by atoms with van der Waals surface area (Å²) < 4.78 is 0. The van der Waals surface area contributed by atoms with Crippen LogP contribution in [0.25, 0.3) is 0 Å². The Hall–Kier alpha value is -0.600. The molecule has 2 unspecified atom stereocenters. The summed E-state index contributed by atoms with van der Waals surface area (Å²) in [5, 5.41) is 7.98. The van der Waals surface area contributed by atoms with E-state index >= 15 is 0 Å². The number of hydrogen-bond acceptors (Lipinski definition) is 3. The summed E-state index contributed by atoms with van der Waals surface area (Å²) in [6.45, 7) is 0. The fraction of sp³-hybridized carbons (Fsp3) is 1.00. The third kappa shape index (κ3) is 1.00. The van der Waals surface area contributed by atoms with Crippen LogP contribution >= 0.6 is 0 Å². The Balaban J connectivity index is 2.00. The standard InChI is InChI=1S/C7H13N3/c1-2-4-6-7(5-3-1)9-10-8-6/h6-7H,1-5H2,(H,8,9). The molecule has 2 aliphatic rings. The fourth-order valence-corrected chi connectivity index (χ4v) is 1.76. The van der Waals surface area contributed by atoms with Crippen molar-refractivity contribution >= 4 is 0 Å². The summed E-state index contributed by atoms with van der Waals surface area (Å²) in [7, 11) is 0. The molecular weight excluding hydrogens is 126 g/mol. The molecule has 3 heteroatoms. The van der Waals surface area contributed by atoms with Gasteiger partial charge >= 0.3 is 0 Å². The van der Waals surface area contributed by atoms with E-state index in [0.717, 1.165) is 0 Å². The third-order valence-corrected chi connectivity index (χ3v) is 2.41. The molecule has 1 heterocycles. The molecule has 0 aromatic heterocycles. The maximum absolute atomic E-state index is 4.13. The van der Waals surface area contributed by atoms with Crippen molar-refractivity contribution < 1.29 is 0 Å². The maximum atomic E-state index is 4.13. The van der Waals surface area contributed by atoms with Crippen LogP contribution in [0.5, 0.6) is 0 Å². The van der Waals surface area contributed by atoms with E-state index < -0.39 is 0 Å². The van der Waals surface area contributed by atoms with Crippen LogP contribution in [0.4, 0.5) is 0 Å². The normalized spacial score (nSPS) is 38.4. The van der Waals surface area contributed by atoms with Crippen LogP contribution in [-0.4, -0.2) is 12.1 Å². The van der Waals surface area contributed by atoms with E-state index in [9.17, 15) is 0 Å². The largest absolute Gasteiger partial charge is 0.286 e. The molecule has 3 nitrogen and oxygen atoms in total. The summed E-state index contributed by atoms with van der Waals surface area (Å²) in [5.41, 5.74) is 3.06. The summed E-state index contributed by atoms with van der Waals surface area (Å²) in [6, 6.07) is 1.07. The molecule has 2 atom stereocenters. The van der Waals surface area contributed by atoms with Crippen LogP contribution in [0.3, 0.4) is 0 Å². The van der Waals surface area contributed by atoms with Crippen LogP contribution in [0, 0.1) is 0 Å². The lowest BCUT2D eigenvalue weighted by molar-refractivity contribution is 0.485. The average molecular weight is 139 g/mol. The molecular formula is C7H13N3. The van der Waals surface area contributed by atoms with Gasteiger partial charge in [-0.25, -0.2) is 0 Å². The van der Waals surface area contributed by atoms with Gasteiger partial charge in [-0.15, -0.1) is 0 Å². The smallest absolute Gasteiger partial charge is 0.0947 e. The van der Waals surface area contributed by atoms with E-state index in [-0.39, 0.29) is 0 Å². The van der Waals surface area contributed by atoms with Crippen molar-refractivity contribution in [2.45, 2.75) is 44.2 Å². The zero-order valence-electron chi connectivity index (χ0n) is 6.08. The lowest BCUT2D eigenvalue weighted by Crippen LogP contribution is -2.28. The van der Waals surface area contributed by atoms with Gasteiger partial charge in [0, 0.05) is 0 Å². The molecule has 0 aromatic carbocycles. The van der Waals surface area contributed by atoms with E-state index in [4.69, 9.17) is 0 Å². The number of hydrogen-bond donors (Lipinski definition) is 1. The average Bonchev–Trinajstić information content (AvgIpc) is 2.28. The Morgan fingerprint density at radius 3 is 3.00 bits per heavy atom. The molecule has 2 rings (SSSR count). The minimum atomic E-state index is 0.502. The summed E-state index contributed by atoms with van der Waals surface area (Å²) >= 11 is 0. The molecule has 0 radical (unpaired) electrons. The van der Waals surface area contributed by atoms with Crippen molar-refractivity contribution in [1.29, 1.82) is 0 Å². The predicted molar refractivity (Wildman–Crippen MR) is 38.7 cm³/mol. The molecule has 0 spiro atoms. The lowest BCUT2D eigenvalue weighted by Gasteiger charge is -2.10. The topological polar surface area (TPSA) is 36.8 Å². The molecule has 56 valence electrons. The summed E-state index contributed by atoms with van der Waals surface area (Å²) in [6.07, 6.45) is 6.56. The van der Waals surface area contributed by atoms with E-state index in [1.807, 2.05) is 0 Å². The highest BCUT2D eigenvalue weighted by Gasteiger charge is 2.26. The fourth-order valence-electron chi connectivity index (χ4n) is 1.76. The predicted octanol–water partition coefficient (Wildman–Crippen LogP) is 1.66. The van der Waals surface area contributed by atoms with Gasteiger partial charge in [0.05, 0.1) is 12.1 Å². The number of fused-ring (bicyclic) bond motifs is 1. The van der Waals surface area contributed by atoms with Gasteiger partial charge in [-0.2, -0.15) is 5.11 Å². The Morgan fingerprint density at radius 2 is 2.00 bits per heavy atom. The van der Waals surface area contributed by atoms with Gasteiger partial charge in [0.15, 0.2) is 0 Å². The van der Waals surface area contributed by atoms with Gasteiger partial charge in [0.25, 0.3) is 0 Å². The number of rotatable bonds is 0. The Kier molecular flexibility index (Phi) is 1.57. The second-order valence-electron chi connectivity index (χ2n) is 3.16. The molecule has 1 fully saturated rings. The van der Waals surface area contributed by atoms with Crippen molar-refractivity contribution in [3.05, 3.63) is 0 Å². The first-order chi connectivity index (χ1) is 4.97. The van der Waals surface area contributed by atoms with E-state index in [0.29, 0.717) is 12.1 Å². The lowest BCUT2D eigenvalue weighted by atomic mass is 10.1. The van der Waals surface area contributed by atoms with Crippen molar-refractivity contribution in [3.8, 4) is 0 Å². The van der Waals surface area contributed by atoms with Gasteiger partial charge in [-0.3, -0.25) is 5.43 Å². The second-order valence-corrected chi connectivity index (χ2v) is 3.16. The molecule has 0 bridgehead atoms. The molecule has 1 N–H and O–H groups in total. The third-order valence-electron chi connectivity index (χ3n) is 2.41. The second kappa shape index (κ2) is 2.56. The summed E-state index contributed by atoms with van der Waals surface area (Å²) in [4.78, 5) is 0. The highest BCUT2D eigenvalue weighted by atomic mass is 15.5. The van der Waals surface area contributed by atoms with Crippen LogP contribution in [-0.2, 0) is 0 Å². The number of nitrogens with zero attached hydrogens (tertiary/aromatic N) is 2. The maximum Gasteiger partial charge on any atom is 0.0947 e. The van der Waals surface area contributed by atoms with Gasteiger partial charge in [0.1, 0.15) is 0 Å². The Bertz CT molecular complexity index is 144.